The molecule has 0 saturated heterocycles. The van der Waals surface area contributed by atoms with Crippen LogP contribution in [0.15, 0.2) is 12.4 Å². The second-order valence-electron chi connectivity index (χ2n) is 3.93. The highest BCUT2D eigenvalue weighted by Crippen LogP contribution is 2.04. The molecule has 0 fully saturated rings. The fourth-order valence-corrected chi connectivity index (χ4v) is 2.11. The van der Waals surface area contributed by atoms with Crippen LogP contribution in [0, 0.1) is 0 Å². The third-order valence-corrected chi connectivity index (χ3v) is 3.39. The van der Waals surface area contributed by atoms with E-state index in [-0.39, 0.29) is 23.8 Å². The van der Waals surface area contributed by atoms with Crippen LogP contribution >= 0.6 is 0 Å². The van der Waals surface area contributed by atoms with E-state index in [4.69, 9.17) is 5.73 Å². The van der Waals surface area contributed by atoms with Crippen LogP contribution < -0.4 is 5.73 Å². The number of Topliss-reactive ketones (excluding diaryl/α,β-unsaturated/α-hetero) is 1. The van der Waals surface area contributed by atoms with E-state index in [0.29, 0.717) is 6.54 Å². The van der Waals surface area contributed by atoms with Gasteiger partial charge < -0.3 is 10.3 Å². The normalized spacial score (nSPS) is 13.6. The quantitative estimate of drug-likeness (QED) is 0.717. The fraction of sp³-hybridized carbons (Fsp3) is 0.600. The molecular formula is C10H17N3O3S. The van der Waals surface area contributed by atoms with Gasteiger partial charge in [-0.15, -0.1) is 0 Å². The monoisotopic (exact) mass is 259 g/mol. The molecule has 1 atom stereocenters. The standard InChI is InChI=1S/C10H17N3O3S/c1-3-13-6-5-12-10(13)9(14)8(11)4-7-17(2,15)16/h5-6,8H,3-4,7,11H2,1-2H3. The predicted octanol–water partition coefficient (Wildman–Crippen LogP) is -0.152. The SMILES string of the molecule is CCn1ccnc1C(=O)C(N)CCS(C)(=O)=O. The maximum Gasteiger partial charge on any atom is 0.214 e. The summed E-state index contributed by atoms with van der Waals surface area (Å²) in [7, 11) is -3.10. The summed E-state index contributed by atoms with van der Waals surface area (Å²) in [5.41, 5.74) is 5.67. The highest BCUT2D eigenvalue weighted by molar-refractivity contribution is 7.90. The molecule has 1 unspecified atom stereocenters. The average molecular weight is 259 g/mol. The zero-order valence-corrected chi connectivity index (χ0v) is 10.8. The van der Waals surface area contributed by atoms with Crippen LogP contribution in [0.1, 0.15) is 24.0 Å². The highest BCUT2D eigenvalue weighted by atomic mass is 32.2. The van der Waals surface area contributed by atoms with E-state index >= 15 is 0 Å². The van der Waals surface area contributed by atoms with Gasteiger partial charge in [-0.2, -0.15) is 0 Å². The summed E-state index contributed by atoms with van der Waals surface area (Å²) in [6.07, 6.45) is 4.46. The molecule has 1 rings (SSSR count). The molecule has 0 aromatic carbocycles. The predicted molar refractivity (Wildman–Crippen MR) is 64.5 cm³/mol. The Morgan fingerprint density at radius 3 is 2.76 bits per heavy atom. The second-order valence-corrected chi connectivity index (χ2v) is 6.19. The van der Waals surface area contributed by atoms with Gasteiger partial charge in [0.25, 0.3) is 0 Å². The first-order chi connectivity index (χ1) is 7.85. The lowest BCUT2D eigenvalue weighted by atomic mass is 10.1. The van der Waals surface area contributed by atoms with Crippen LogP contribution in [0.4, 0.5) is 0 Å². The Morgan fingerprint density at radius 1 is 1.59 bits per heavy atom. The minimum atomic E-state index is -3.10. The van der Waals surface area contributed by atoms with Crippen molar-refractivity contribution in [1.82, 2.24) is 9.55 Å². The molecular weight excluding hydrogens is 242 g/mol. The summed E-state index contributed by atoms with van der Waals surface area (Å²) >= 11 is 0. The van der Waals surface area contributed by atoms with Crippen LogP contribution in [0.25, 0.3) is 0 Å². The maximum atomic E-state index is 11.9. The summed E-state index contributed by atoms with van der Waals surface area (Å²) in [5, 5.41) is 0. The van der Waals surface area contributed by atoms with Crippen molar-refractivity contribution in [2.45, 2.75) is 25.9 Å². The van der Waals surface area contributed by atoms with Gasteiger partial charge in [0.1, 0.15) is 9.84 Å². The first-order valence-corrected chi connectivity index (χ1v) is 7.40. The van der Waals surface area contributed by atoms with Gasteiger partial charge >= 0.3 is 0 Å². The number of rotatable bonds is 6. The molecule has 1 aromatic heterocycles. The number of carbonyl (C=O) groups is 1. The van der Waals surface area contributed by atoms with Crippen molar-refractivity contribution in [2.24, 2.45) is 5.73 Å². The minimum Gasteiger partial charge on any atom is -0.329 e. The summed E-state index contributed by atoms with van der Waals surface area (Å²) in [4.78, 5) is 15.8. The Kier molecular flexibility index (Phi) is 4.41. The van der Waals surface area contributed by atoms with E-state index in [1.54, 1.807) is 10.8 Å². The number of nitrogens with two attached hydrogens (primary N) is 1. The number of aryl methyl sites for hydroxylation is 1. The van der Waals surface area contributed by atoms with Crippen molar-refractivity contribution in [3.8, 4) is 0 Å². The molecule has 96 valence electrons. The highest BCUT2D eigenvalue weighted by Gasteiger charge is 2.21. The number of aromatic nitrogens is 2. The zero-order chi connectivity index (χ0) is 13.1. The van der Waals surface area contributed by atoms with Gasteiger partial charge in [-0.25, -0.2) is 13.4 Å². The lowest BCUT2D eigenvalue weighted by Crippen LogP contribution is -2.34. The van der Waals surface area contributed by atoms with Gasteiger partial charge in [-0.05, 0) is 13.3 Å². The number of carbonyl (C=O) groups excluding carboxylic acids is 1. The molecule has 0 aliphatic heterocycles. The van der Waals surface area contributed by atoms with Crippen molar-refractivity contribution in [2.75, 3.05) is 12.0 Å². The van der Waals surface area contributed by atoms with Crippen LogP contribution in [-0.4, -0.2) is 41.8 Å². The fourth-order valence-electron chi connectivity index (χ4n) is 1.43. The maximum absolute atomic E-state index is 11.9. The summed E-state index contributed by atoms with van der Waals surface area (Å²) < 4.78 is 23.6. The average Bonchev–Trinajstić information content (AvgIpc) is 2.71. The smallest absolute Gasteiger partial charge is 0.214 e. The number of ketones is 1. The van der Waals surface area contributed by atoms with Crippen LogP contribution in [0.3, 0.4) is 0 Å². The Bertz CT molecular complexity index is 493. The van der Waals surface area contributed by atoms with Crippen molar-refractivity contribution in [3.05, 3.63) is 18.2 Å². The van der Waals surface area contributed by atoms with Gasteiger partial charge in [0, 0.05) is 25.2 Å². The van der Waals surface area contributed by atoms with Gasteiger partial charge in [0.05, 0.1) is 11.8 Å². The van der Waals surface area contributed by atoms with Crippen LogP contribution in [0.2, 0.25) is 0 Å². The number of hydrogen-bond donors (Lipinski definition) is 1. The summed E-state index contributed by atoms with van der Waals surface area (Å²) in [5.74, 6) is -0.124. The number of hydrogen-bond acceptors (Lipinski definition) is 5. The van der Waals surface area contributed by atoms with Gasteiger partial charge in [-0.1, -0.05) is 0 Å². The van der Waals surface area contributed by atoms with Crippen molar-refractivity contribution in [3.63, 3.8) is 0 Å². The molecule has 0 aliphatic rings. The van der Waals surface area contributed by atoms with Gasteiger partial charge in [0.15, 0.2) is 5.82 Å². The molecule has 1 heterocycles. The summed E-state index contributed by atoms with van der Waals surface area (Å²) in [6.45, 7) is 2.51. The Balaban J connectivity index is 2.70. The lowest BCUT2D eigenvalue weighted by molar-refractivity contribution is 0.0945. The second kappa shape index (κ2) is 5.42. The first-order valence-electron chi connectivity index (χ1n) is 5.33. The van der Waals surface area contributed by atoms with Gasteiger partial charge in [-0.3, -0.25) is 4.79 Å². The number of sulfone groups is 1. The van der Waals surface area contributed by atoms with E-state index in [9.17, 15) is 13.2 Å². The lowest BCUT2D eigenvalue weighted by Gasteiger charge is -2.10. The molecule has 17 heavy (non-hydrogen) atoms. The zero-order valence-electron chi connectivity index (χ0n) is 9.96. The van der Waals surface area contributed by atoms with E-state index in [0.717, 1.165) is 6.26 Å². The molecule has 2 N–H and O–H groups in total. The van der Waals surface area contributed by atoms with Crippen LogP contribution in [0.5, 0.6) is 0 Å². The summed E-state index contributed by atoms with van der Waals surface area (Å²) in [6, 6.07) is -0.822. The van der Waals surface area contributed by atoms with Crippen molar-refractivity contribution in [1.29, 1.82) is 0 Å². The Morgan fingerprint density at radius 2 is 2.24 bits per heavy atom. The molecule has 0 amide bonds. The first kappa shape index (κ1) is 13.9. The molecule has 6 nitrogen and oxygen atoms in total. The van der Waals surface area contributed by atoms with E-state index < -0.39 is 15.9 Å². The molecule has 1 aromatic rings. The third kappa shape index (κ3) is 3.94. The number of imidazole rings is 1. The topological polar surface area (TPSA) is 95.0 Å². The van der Waals surface area contributed by atoms with E-state index in [2.05, 4.69) is 4.98 Å². The number of nitrogens with zero attached hydrogens (tertiary/aromatic N) is 2. The minimum absolute atomic E-state index is 0.0905. The molecule has 7 heteroatoms. The van der Waals surface area contributed by atoms with Crippen molar-refractivity contribution < 1.29 is 13.2 Å². The van der Waals surface area contributed by atoms with Gasteiger partial charge in [0.2, 0.25) is 5.78 Å². The Hall–Kier alpha value is -1.21. The molecule has 0 saturated carbocycles. The Labute approximate surface area is 101 Å². The van der Waals surface area contributed by atoms with Crippen LogP contribution in [-0.2, 0) is 16.4 Å². The molecule has 0 aliphatic carbocycles. The van der Waals surface area contributed by atoms with E-state index in [1.165, 1.54) is 6.20 Å². The van der Waals surface area contributed by atoms with Crippen molar-refractivity contribution >= 4 is 15.6 Å². The molecule has 0 radical (unpaired) electrons. The third-order valence-electron chi connectivity index (χ3n) is 2.41. The molecule has 0 bridgehead atoms. The van der Waals surface area contributed by atoms with E-state index in [1.807, 2.05) is 6.92 Å². The largest absolute Gasteiger partial charge is 0.329 e. The molecule has 0 spiro atoms.